The number of methoxy groups -OCH3 is 1. The molecule has 2 rings (SSSR count). The molecule has 1 heterocycles. The second-order valence-electron chi connectivity index (χ2n) is 4.79. The molecule has 1 aromatic rings. The van der Waals surface area contributed by atoms with Gasteiger partial charge in [-0.3, -0.25) is 0 Å². The van der Waals surface area contributed by atoms with E-state index in [1.165, 1.54) is 0 Å². The Labute approximate surface area is 114 Å². The molecule has 0 spiro atoms. The van der Waals surface area contributed by atoms with Gasteiger partial charge in [0, 0.05) is 12.1 Å². The van der Waals surface area contributed by atoms with Crippen molar-refractivity contribution in [2.24, 2.45) is 0 Å². The van der Waals surface area contributed by atoms with Crippen molar-refractivity contribution in [3.63, 3.8) is 0 Å². The molecule has 106 valence electrons. The minimum atomic E-state index is -3.46. The van der Waals surface area contributed by atoms with Crippen molar-refractivity contribution in [3.05, 3.63) is 24.3 Å². The summed E-state index contributed by atoms with van der Waals surface area (Å²) in [5, 5.41) is 3.28. The van der Waals surface area contributed by atoms with Gasteiger partial charge < -0.3 is 10.1 Å². The molecule has 1 fully saturated rings. The lowest BCUT2D eigenvalue weighted by Gasteiger charge is -2.30. The summed E-state index contributed by atoms with van der Waals surface area (Å²) in [5.41, 5.74) is 0. The van der Waals surface area contributed by atoms with Gasteiger partial charge in [0.2, 0.25) is 10.0 Å². The van der Waals surface area contributed by atoms with Crippen molar-refractivity contribution in [3.8, 4) is 5.75 Å². The Hall–Kier alpha value is -1.11. The van der Waals surface area contributed by atoms with E-state index in [9.17, 15) is 8.42 Å². The summed E-state index contributed by atoms with van der Waals surface area (Å²) in [6, 6.07) is 6.51. The molecule has 0 saturated carbocycles. The Kier molecular flexibility index (Phi) is 4.44. The predicted molar refractivity (Wildman–Crippen MR) is 73.8 cm³/mol. The van der Waals surface area contributed by atoms with Crippen molar-refractivity contribution in [1.82, 2.24) is 10.0 Å². The highest BCUT2D eigenvalue weighted by molar-refractivity contribution is 7.89. The first-order chi connectivity index (χ1) is 9.03. The first kappa shape index (κ1) is 14.3. The van der Waals surface area contributed by atoms with Gasteiger partial charge in [-0.1, -0.05) is 0 Å². The van der Waals surface area contributed by atoms with Gasteiger partial charge in [-0.05, 0) is 50.6 Å². The van der Waals surface area contributed by atoms with Crippen molar-refractivity contribution < 1.29 is 13.2 Å². The van der Waals surface area contributed by atoms with Crippen LogP contribution >= 0.6 is 0 Å². The van der Waals surface area contributed by atoms with E-state index in [1.807, 2.05) is 6.92 Å². The van der Waals surface area contributed by atoms with Crippen molar-refractivity contribution in [2.45, 2.75) is 36.7 Å². The molecule has 1 aromatic carbocycles. The van der Waals surface area contributed by atoms with Gasteiger partial charge in [-0.15, -0.1) is 0 Å². The SMILES string of the molecule is COc1ccc(S(=O)(=O)N[C@H]2CCCN[C@@H]2C)cc1. The molecule has 0 aromatic heterocycles. The highest BCUT2D eigenvalue weighted by atomic mass is 32.2. The topological polar surface area (TPSA) is 67.4 Å². The number of hydrogen-bond acceptors (Lipinski definition) is 4. The fourth-order valence-electron chi connectivity index (χ4n) is 2.23. The van der Waals surface area contributed by atoms with Gasteiger partial charge in [0.1, 0.15) is 5.75 Å². The largest absolute Gasteiger partial charge is 0.497 e. The highest BCUT2D eigenvalue weighted by Crippen LogP contribution is 2.17. The molecular weight excluding hydrogens is 264 g/mol. The third-order valence-electron chi connectivity index (χ3n) is 3.44. The van der Waals surface area contributed by atoms with E-state index < -0.39 is 10.0 Å². The van der Waals surface area contributed by atoms with Crippen LogP contribution in [0.1, 0.15) is 19.8 Å². The zero-order chi connectivity index (χ0) is 13.9. The minimum Gasteiger partial charge on any atom is -0.497 e. The van der Waals surface area contributed by atoms with E-state index in [0.717, 1.165) is 19.4 Å². The molecule has 0 bridgehead atoms. The Balaban J connectivity index is 2.12. The van der Waals surface area contributed by atoms with Crippen molar-refractivity contribution >= 4 is 10.0 Å². The summed E-state index contributed by atoms with van der Waals surface area (Å²) < 4.78 is 32.3. The van der Waals surface area contributed by atoms with Crippen LogP contribution in [0.3, 0.4) is 0 Å². The molecule has 6 heteroatoms. The zero-order valence-electron chi connectivity index (χ0n) is 11.2. The fraction of sp³-hybridized carbons (Fsp3) is 0.538. The molecule has 2 atom stereocenters. The third kappa shape index (κ3) is 3.46. The molecular formula is C13H20N2O3S. The summed E-state index contributed by atoms with van der Waals surface area (Å²) in [6.07, 6.45) is 1.85. The van der Waals surface area contributed by atoms with E-state index in [1.54, 1.807) is 31.4 Å². The first-order valence-corrected chi connectivity index (χ1v) is 7.91. The second kappa shape index (κ2) is 5.90. The van der Waals surface area contributed by atoms with Crippen molar-refractivity contribution in [1.29, 1.82) is 0 Å². The summed E-state index contributed by atoms with van der Waals surface area (Å²) >= 11 is 0. The summed E-state index contributed by atoms with van der Waals surface area (Å²) in [7, 11) is -1.91. The van der Waals surface area contributed by atoms with Gasteiger partial charge in [0.25, 0.3) is 0 Å². The normalized spacial score (nSPS) is 24.1. The standard InChI is InChI=1S/C13H20N2O3S/c1-10-13(4-3-9-14-10)15-19(16,17)12-7-5-11(18-2)6-8-12/h5-8,10,13-15H,3-4,9H2,1-2H3/t10-,13+/m1/s1. The third-order valence-corrected chi connectivity index (χ3v) is 4.94. The van der Waals surface area contributed by atoms with Crippen LogP contribution in [0.2, 0.25) is 0 Å². The lowest BCUT2D eigenvalue weighted by molar-refractivity contribution is 0.349. The minimum absolute atomic E-state index is 0.0548. The Morgan fingerprint density at radius 1 is 1.32 bits per heavy atom. The first-order valence-electron chi connectivity index (χ1n) is 6.43. The number of rotatable bonds is 4. The lowest BCUT2D eigenvalue weighted by atomic mass is 10.0. The average molecular weight is 284 g/mol. The quantitative estimate of drug-likeness (QED) is 0.869. The lowest BCUT2D eigenvalue weighted by Crippen LogP contribution is -2.51. The zero-order valence-corrected chi connectivity index (χ0v) is 12.0. The molecule has 0 aliphatic carbocycles. The summed E-state index contributed by atoms with van der Waals surface area (Å²) in [6.45, 7) is 2.95. The molecule has 0 unspecified atom stereocenters. The number of hydrogen-bond donors (Lipinski definition) is 2. The van der Waals surface area contributed by atoms with Crippen LogP contribution in [0.4, 0.5) is 0 Å². The van der Waals surface area contributed by atoms with E-state index in [-0.39, 0.29) is 17.0 Å². The number of benzene rings is 1. The maximum atomic E-state index is 12.3. The maximum Gasteiger partial charge on any atom is 0.240 e. The Bertz CT molecular complexity index is 513. The van der Waals surface area contributed by atoms with Gasteiger partial charge in [0.15, 0.2) is 0 Å². The number of piperidine rings is 1. The molecule has 2 N–H and O–H groups in total. The molecule has 0 radical (unpaired) electrons. The molecule has 0 amide bonds. The highest BCUT2D eigenvalue weighted by Gasteiger charge is 2.26. The second-order valence-corrected chi connectivity index (χ2v) is 6.50. The monoisotopic (exact) mass is 284 g/mol. The smallest absolute Gasteiger partial charge is 0.240 e. The number of ether oxygens (including phenoxy) is 1. The van der Waals surface area contributed by atoms with Crippen LogP contribution in [-0.4, -0.2) is 34.2 Å². The molecule has 19 heavy (non-hydrogen) atoms. The average Bonchev–Trinajstić information content (AvgIpc) is 2.41. The van der Waals surface area contributed by atoms with Gasteiger partial charge in [-0.2, -0.15) is 0 Å². The summed E-state index contributed by atoms with van der Waals surface area (Å²) in [5.74, 6) is 0.645. The Morgan fingerprint density at radius 2 is 2.00 bits per heavy atom. The summed E-state index contributed by atoms with van der Waals surface area (Å²) in [4.78, 5) is 0.270. The van der Waals surface area contributed by atoms with Crippen LogP contribution in [0.15, 0.2) is 29.2 Å². The van der Waals surface area contributed by atoms with Crippen molar-refractivity contribution in [2.75, 3.05) is 13.7 Å². The molecule has 1 aliphatic heterocycles. The van der Waals surface area contributed by atoms with Gasteiger partial charge >= 0.3 is 0 Å². The van der Waals surface area contributed by atoms with E-state index >= 15 is 0 Å². The molecule has 5 nitrogen and oxygen atoms in total. The number of nitrogens with one attached hydrogen (secondary N) is 2. The van der Waals surface area contributed by atoms with Crippen LogP contribution < -0.4 is 14.8 Å². The van der Waals surface area contributed by atoms with Crippen LogP contribution in [0.25, 0.3) is 0 Å². The van der Waals surface area contributed by atoms with E-state index in [0.29, 0.717) is 5.75 Å². The molecule has 1 saturated heterocycles. The van der Waals surface area contributed by atoms with Gasteiger partial charge in [0.05, 0.1) is 12.0 Å². The fourth-order valence-corrected chi connectivity index (χ4v) is 3.58. The van der Waals surface area contributed by atoms with E-state index in [4.69, 9.17) is 4.74 Å². The maximum absolute atomic E-state index is 12.3. The molecule has 1 aliphatic rings. The van der Waals surface area contributed by atoms with Crippen LogP contribution in [0.5, 0.6) is 5.75 Å². The van der Waals surface area contributed by atoms with E-state index in [2.05, 4.69) is 10.0 Å². The number of sulfonamides is 1. The van der Waals surface area contributed by atoms with Crippen LogP contribution in [-0.2, 0) is 10.0 Å². The predicted octanol–water partition coefficient (Wildman–Crippen LogP) is 1.11. The van der Waals surface area contributed by atoms with Crippen LogP contribution in [0, 0.1) is 0 Å². The Morgan fingerprint density at radius 3 is 2.58 bits per heavy atom. The van der Waals surface area contributed by atoms with Gasteiger partial charge in [-0.25, -0.2) is 13.1 Å².